The smallest absolute Gasteiger partial charge is 0.0406 e. The fraction of sp³-hybridized carbons (Fsp3) is 0.500. The largest absolute Gasteiger partial charge is 0.328 e. The maximum atomic E-state index is 5.84. The second-order valence-corrected chi connectivity index (χ2v) is 5.01. The molecule has 14 heavy (non-hydrogen) atoms. The van der Waals surface area contributed by atoms with Crippen LogP contribution in [0.3, 0.4) is 0 Å². The summed E-state index contributed by atoms with van der Waals surface area (Å²) in [6, 6.07) is 8.23. The van der Waals surface area contributed by atoms with Gasteiger partial charge in [-0.05, 0) is 36.5 Å². The molecule has 0 aliphatic carbocycles. The molecular formula is C12H18ClN. The monoisotopic (exact) mass is 211 g/mol. The highest BCUT2D eigenvalue weighted by Gasteiger charge is 2.21. The third-order valence-electron chi connectivity index (χ3n) is 2.46. The van der Waals surface area contributed by atoms with Crippen molar-refractivity contribution >= 4 is 11.6 Å². The van der Waals surface area contributed by atoms with Gasteiger partial charge in [0.25, 0.3) is 0 Å². The maximum Gasteiger partial charge on any atom is 0.0406 e. The number of halogens is 1. The van der Waals surface area contributed by atoms with E-state index in [9.17, 15) is 0 Å². The standard InChI is InChI=1S/C12H18ClN/c1-9(14)8-12(2,3)10-4-6-11(13)7-5-10/h4-7,9H,8,14H2,1-3H3. The van der Waals surface area contributed by atoms with Gasteiger partial charge < -0.3 is 5.73 Å². The summed E-state index contributed by atoms with van der Waals surface area (Å²) in [5.41, 5.74) is 7.23. The second kappa shape index (κ2) is 4.33. The Morgan fingerprint density at radius 1 is 1.29 bits per heavy atom. The van der Waals surface area contributed by atoms with Crippen molar-refractivity contribution in [2.45, 2.75) is 38.6 Å². The lowest BCUT2D eigenvalue weighted by atomic mass is 9.79. The molecule has 1 aromatic rings. The van der Waals surface area contributed by atoms with E-state index in [4.69, 9.17) is 17.3 Å². The van der Waals surface area contributed by atoms with Crippen molar-refractivity contribution < 1.29 is 0 Å². The molecule has 78 valence electrons. The van der Waals surface area contributed by atoms with E-state index in [0.717, 1.165) is 11.4 Å². The Hall–Kier alpha value is -0.530. The van der Waals surface area contributed by atoms with E-state index in [1.54, 1.807) is 0 Å². The van der Waals surface area contributed by atoms with Gasteiger partial charge in [-0.15, -0.1) is 0 Å². The van der Waals surface area contributed by atoms with Gasteiger partial charge >= 0.3 is 0 Å². The zero-order valence-corrected chi connectivity index (χ0v) is 9.81. The van der Waals surface area contributed by atoms with Crippen molar-refractivity contribution in [2.24, 2.45) is 5.73 Å². The Morgan fingerprint density at radius 2 is 1.79 bits per heavy atom. The first-order chi connectivity index (χ1) is 6.42. The van der Waals surface area contributed by atoms with Gasteiger partial charge in [-0.2, -0.15) is 0 Å². The van der Waals surface area contributed by atoms with E-state index in [-0.39, 0.29) is 11.5 Å². The molecule has 1 nitrogen and oxygen atoms in total. The van der Waals surface area contributed by atoms with Crippen LogP contribution in [0.15, 0.2) is 24.3 Å². The predicted octanol–water partition coefficient (Wildman–Crippen LogP) is 3.35. The Kier molecular flexibility index (Phi) is 3.57. The van der Waals surface area contributed by atoms with Gasteiger partial charge in [-0.3, -0.25) is 0 Å². The molecule has 2 N–H and O–H groups in total. The first-order valence-corrected chi connectivity index (χ1v) is 5.31. The van der Waals surface area contributed by atoms with Crippen LogP contribution in [0.25, 0.3) is 0 Å². The van der Waals surface area contributed by atoms with E-state index < -0.39 is 0 Å². The van der Waals surface area contributed by atoms with Crippen molar-refractivity contribution in [1.29, 1.82) is 0 Å². The second-order valence-electron chi connectivity index (χ2n) is 4.57. The summed E-state index contributed by atoms with van der Waals surface area (Å²) in [4.78, 5) is 0. The van der Waals surface area contributed by atoms with Crippen LogP contribution < -0.4 is 5.73 Å². The summed E-state index contributed by atoms with van der Waals surface area (Å²) in [5, 5.41) is 0.783. The first kappa shape index (κ1) is 11.5. The lowest BCUT2D eigenvalue weighted by Gasteiger charge is -2.27. The predicted molar refractivity (Wildman–Crippen MR) is 62.7 cm³/mol. The van der Waals surface area contributed by atoms with Crippen LogP contribution in [0.2, 0.25) is 5.02 Å². The summed E-state index contributed by atoms with van der Waals surface area (Å²) in [6.07, 6.45) is 0.981. The summed E-state index contributed by atoms with van der Waals surface area (Å²) in [6.45, 7) is 6.46. The van der Waals surface area contributed by atoms with Crippen LogP contribution in [0.1, 0.15) is 32.8 Å². The van der Waals surface area contributed by atoms with E-state index in [1.165, 1.54) is 5.56 Å². The minimum atomic E-state index is 0.124. The number of nitrogens with two attached hydrogens (primary N) is 1. The van der Waals surface area contributed by atoms with Crippen molar-refractivity contribution in [1.82, 2.24) is 0 Å². The number of hydrogen-bond donors (Lipinski definition) is 1. The fourth-order valence-electron chi connectivity index (χ4n) is 1.82. The average Bonchev–Trinajstić information content (AvgIpc) is 2.02. The van der Waals surface area contributed by atoms with Crippen LogP contribution in [-0.2, 0) is 5.41 Å². The molecule has 1 aromatic carbocycles. The van der Waals surface area contributed by atoms with Gasteiger partial charge in [0.1, 0.15) is 0 Å². The van der Waals surface area contributed by atoms with Crippen molar-refractivity contribution in [2.75, 3.05) is 0 Å². The minimum absolute atomic E-state index is 0.124. The molecule has 2 heteroatoms. The highest BCUT2D eigenvalue weighted by Crippen LogP contribution is 2.28. The van der Waals surface area contributed by atoms with Crippen molar-refractivity contribution in [3.63, 3.8) is 0 Å². The molecule has 0 radical (unpaired) electrons. The Labute approximate surface area is 91.3 Å². The maximum absolute atomic E-state index is 5.84. The third-order valence-corrected chi connectivity index (χ3v) is 2.71. The topological polar surface area (TPSA) is 26.0 Å². The van der Waals surface area contributed by atoms with Gasteiger partial charge in [-0.1, -0.05) is 37.6 Å². The molecule has 0 spiro atoms. The highest BCUT2D eigenvalue weighted by molar-refractivity contribution is 6.30. The lowest BCUT2D eigenvalue weighted by molar-refractivity contribution is 0.437. The average molecular weight is 212 g/mol. The number of benzene rings is 1. The van der Waals surface area contributed by atoms with Gasteiger partial charge in [-0.25, -0.2) is 0 Å². The third kappa shape index (κ3) is 3.00. The van der Waals surface area contributed by atoms with Crippen molar-refractivity contribution in [3.05, 3.63) is 34.9 Å². The summed E-state index contributed by atoms with van der Waals surface area (Å²) in [7, 11) is 0. The molecule has 0 heterocycles. The molecular weight excluding hydrogens is 194 g/mol. The molecule has 0 aromatic heterocycles. The lowest BCUT2D eigenvalue weighted by Crippen LogP contribution is -2.28. The Balaban J connectivity index is 2.86. The molecule has 1 atom stereocenters. The minimum Gasteiger partial charge on any atom is -0.328 e. The zero-order chi connectivity index (χ0) is 10.8. The van der Waals surface area contributed by atoms with Gasteiger partial charge in [0.05, 0.1) is 0 Å². The molecule has 0 amide bonds. The molecule has 1 rings (SSSR count). The van der Waals surface area contributed by atoms with E-state index in [1.807, 2.05) is 19.1 Å². The molecule has 1 unspecified atom stereocenters. The fourth-order valence-corrected chi connectivity index (χ4v) is 1.95. The van der Waals surface area contributed by atoms with Gasteiger partial charge in [0.2, 0.25) is 0 Å². The Morgan fingerprint density at radius 3 is 2.21 bits per heavy atom. The molecule has 0 fully saturated rings. The SMILES string of the molecule is CC(N)CC(C)(C)c1ccc(Cl)cc1. The summed E-state index contributed by atoms with van der Waals surface area (Å²) < 4.78 is 0. The summed E-state index contributed by atoms with van der Waals surface area (Å²) in [5.74, 6) is 0. The zero-order valence-electron chi connectivity index (χ0n) is 9.05. The molecule has 0 saturated heterocycles. The Bertz CT molecular complexity index is 288. The van der Waals surface area contributed by atoms with E-state index >= 15 is 0 Å². The number of hydrogen-bond acceptors (Lipinski definition) is 1. The van der Waals surface area contributed by atoms with Crippen LogP contribution in [-0.4, -0.2) is 6.04 Å². The van der Waals surface area contributed by atoms with Crippen LogP contribution in [0.5, 0.6) is 0 Å². The van der Waals surface area contributed by atoms with Crippen molar-refractivity contribution in [3.8, 4) is 0 Å². The van der Waals surface area contributed by atoms with Crippen LogP contribution >= 0.6 is 11.6 Å². The quantitative estimate of drug-likeness (QED) is 0.816. The molecule has 0 saturated carbocycles. The van der Waals surface area contributed by atoms with E-state index in [0.29, 0.717) is 0 Å². The molecule has 0 aliphatic heterocycles. The summed E-state index contributed by atoms with van der Waals surface area (Å²) >= 11 is 5.84. The molecule has 0 aliphatic rings. The number of rotatable bonds is 3. The van der Waals surface area contributed by atoms with Gasteiger partial charge in [0, 0.05) is 11.1 Å². The van der Waals surface area contributed by atoms with Crippen LogP contribution in [0.4, 0.5) is 0 Å². The normalized spacial score (nSPS) is 14.1. The molecule has 0 bridgehead atoms. The van der Waals surface area contributed by atoms with Crippen LogP contribution in [0, 0.1) is 0 Å². The van der Waals surface area contributed by atoms with Gasteiger partial charge in [0.15, 0.2) is 0 Å². The highest BCUT2D eigenvalue weighted by atomic mass is 35.5. The van der Waals surface area contributed by atoms with E-state index in [2.05, 4.69) is 26.0 Å². The first-order valence-electron chi connectivity index (χ1n) is 4.93.